The molecule has 0 spiro atoms. The van der Waals surface area contributed by atoms with Gasteiger partial charge in [-0.1, -0.05) is 36.4 Å². The summed E-state index contributed by atoms with van der Waals surface area (Å²) in [5.74, 6) is -0.489. The molecule has 1 atom stereocenters. The van der Waals surface area contributed by atoms with Crippen molar-refractivity contribution in [3.63, 3.8) is 0 Å². The molecule has 0 aliphatic rings. The van der Waals surface area contributed by atoms with Gasteiger partial charge in [-0.15, -0.1) is 0 Å². The summed E-state index contributed by atoms with van der Waals surface area (Å²) in [5.41, 5.74) is 1.35. The molecule has 0 aliphatic heterocycles. The van der Waals surface area contributed by atoms with Gasteiger partial charge in [0.15, 0.2) is 0 Å². The molecule has 0 heterocycles. The van der Waals surface area contributed by atoms with E-state index >= 15 is 0 Å². The molecule has 3 N–H and O–H groups in total. The summed E-state index contributed by atoms with van der Waals surface area (Å²) in [6.07, 6.45) is 0.210. The molecule has 2 amide bonds. The average molecular weight is 314 g/mol. The maximum Gasteiger partial charge on any atom is 0.326 e. The van der Waals surface area contributed by atoms with Crippen molar-refractivity contribution in [1.82, 2.24) is 5.32 Å². The lowest BCUT2D eigenvalue weighted by atomic mass is 10.1. The van der Waals surface area contributed by atoms with Crippen molar-refractivity contribution in [3.8, 4) is 5.75 Å². The van der Waals surface area contributed by atoms with Crippen LogP contribution in [0.3, 0.4) is 0 Å². The van der Waals surface area contributed by atoms with Crippen LogP contribution in [0, 0.1) is 0 Å². The van der Waals surface area contributed by atoms with E-state index < -0.39 is 18.0 Å². The zero-order valence-electron chi connectivity index (χ0n) is 12.7. The number of carbonyl (C=O) groups excluding carboxylic acids is 1. The highest BCUT2D eigenvalue weighted by Gasteiger charge is 2.20. The molecule has 6 heteroatoms. The minimum absolute atomic E-state index is 0.210. The van der Waals surface area contributed by atoms with Crippen LogP contribution in [0.25, 0.3) is 0 Å². The summed E-state index contributed by atoms with van der Waals surface area (Å²) in [6, 6.07) is 14.4. The van der Waals surface area contributed by atoms with Crippen molar-refractivity contribution >= 4 is 17.7 Å². The quantitative estimate of drug-likeness (QED) is 0.764. The van der Waals surface area contributed by atoms with Crippen molar-refractivity contribution in [2.24, 2.45) is 0 Å². The molecule has 0 fully saturated rings. The highest BCUT2D eigenvalue weighted by molar-refractivity contribution is 5.92. The Morgan fingerprint density at radius 2 is 1.87 bits per heavy atom. The van der Waals surface area contributed by atoms with Crippen LogP contribution < -0.4 is 15.4 Å². The van der Waals surface area contributed by atoms with E-state index in [1.54, 1.807) is 24.3 Å². The van der Waals surface area contributed by atoms with Gasteiger partial charge in [-0.3, -0.25) is 0 Å². The van der Waals surface area contributed by atoms with Gasteiger partial charge in [0, 0.05) is 18.2 Å². The lowest BCUT2D eigenvalue weighted by Gasteiger charge is -2.15. The second-order valence-electron chi connectivity index (χ2n) is 4.91. The van der Waals surface area contributed by atoms with Gasteiger partial charge in [-0.25, -0.2) is 9.59 Å². The summed E-state index contributed by atoms with van der Waals surface area (Å²) < 4.78 is 5.07. The number of ether oxygens (including phenoxy) is 1. The maximum atomic E-state index is 12.0. The van der Waals surface area contributed by atoms with Crippen molar-refractivity contribution in [2.45, 2.75) is 12.5 Å². The third-order valence-electron chi connectivity index (χ3n) is 3.21. The minimum Gasteiger partial charge on any atom is -0.497 e. The molecule has 23 heavy (non-hydrogen) atoms. The van der Waals surface area contributed by atoms with E-state index in [2.05, 4.69) is 10.6 Å². The van der Waals surface area contributed by atoms with Crippen LogP contribution in [0.2, 0.25) is 0 Å². The van der Waals surface area contributed by atoms with Gasteiger partial charge in [-0.05, 0) is 17.7 Å². The average Bonchev–Trinajstić information content (AvgIpc) is 2.55. The molecule has 0 radical (unpaired) electrons. The molecule has 2 rings (SSSR count). The van der Waals surface area contributed by atoms with Gasteiger partial charge in [-0.2, -0.15) is 0 Å². The second kappa shape index (κ2) is 7.84. The molecule has 0 bridgehead atoms. The summed E-state index contributed by atoms with van der Waals surface area (Å²) >= 11 is 0. The molecule has 2 aromatic rings. The van der Waals surface area contributed by atoms with E-state index in [0.717, 1.165) is 5.56 Å². The number of benzene rings is 2. The van der Waals surface area contributed by atoms with E-state index in [1.165, 1.54) is 7.11 Å². The number of hydrogen-bond acceptors (Lipinski definition) is 3. The van der Waals surface area contributed by atoms with Crippen molar-refractivity contribution < 1.29 is 19.4 Å². The largest absolute Gasteiger partial charge is 0.497 e. The molecule has 2 aromatic carbocycles. The van der Waals surface area contributed by atoms with E-state index in [9.17, 15) is 14.7 Å². The fraction of sp³-hybridized carbons (Fsp3) is 0.176. The van der Waals surface area contributed by atoms with Gasteiger partial charge in [0.25, 0.3) is 0 Å². The molecule has 6 nitrogen and oxygen atoms in total. The number of nitrogens with one attached hydrogen (secondary N) is 2. The Balaban J connectivity index is 1.99. The van der Waals surface area contributed by atoms with E-state index in [0.29, 0.717) is 11.4 Å². The van der Waals surface area contributed by atoms with Crippen LogP contribution in [0.4, 0.5) is 10.5 Å². The second-order valence-corrected chi connectivity index (χ2v) is 4.91. The fourth-order valence-electron chi connectivity index (χ4n) is 2.08. The topological polar surface area (TPSA) is 87.7 Å². The summed E-state index contributed by atoms with van der Waals surface area (Å²) in [7, 11) is 1.53. The predicted octanol–water partition coefficient (Wildman–Crippen LogP) is 2.51. The third-order valence-corrected chi connectivity index (χ3v) is 3.21. The SMILES string of the molecule is COc1cccc(NC(=O)N[C@H](Cc2ccccc2)C(=O)O)c1. The van der Waals surface area contributed by atoms with Crippen molar-refractivity contribution in [3.05, 3.63) is 60.2 Å². The van der Waals surface area contributed by atoms with E-state index in [-0.39, 0.29) is 6.42 Å². The van der Waals surface area contributed by atoms with E-state index in [4.69, 9.17) is 4.74 Å². The summed E-state index contributed by atoms with van der Waals surface area (Å²) in [6.45, 7) is 0. The van der Waals surface area contributed by atoms with Crippen LogP contribution >= 0.6 is 0 Å². The number of rotatable bonds is 6. The van der Waals surface area contributed by atoms with Crippen molar-refractivity contribution in [1.29, 1.82) is 0 Å². The third kappa shape index (κ3) is 5.03. The first-order chi connectivity index (χ1) is 11.1. The summed E-state index contributed by atoms with van der Waals surface area (Å²) in [4.78, 5) is 23.3. The molecule has 0 saturated heterocycles. The lowest BCUT2D eigenvalue weighted by molar-refractivity contribution is -0.139. The zero-order chi connectivity index (χ0) is 16.7. The molecule has 0 unspecified atom stereocenters. The Morgan fingerprint density at radius 1 is 1.13 bits per heavy atom. The predicted molar refractivity (Wildman–Crippen MR) is 86.7 cm³/mol. The fourth-order valence-corrected chi connectivity index (χ4v) is 2.08. The number of methoxy groups -OCH3 is 1. The maximum absolute atomic E-state index is 12.0. The molecular weight excluding hydrogens is 296 g/mol. The van der Waals surface area contributed by atoms with Crippen LogP contribution in [0.1, 0.15) is 5.56 Å². The Kier molecular flexibility index (Phi) is 5.57. The van der Waals surface area contributed by atoms with Gasteiger partial charge < -0.3 is 20.5 Å². The first-order valence-electron chi connectivity index (χ1n) is 7.07. The van der Waals surface area contributed by atoms with Gasteiger partial charge in [0.05, 0.1) is 7.11 Å². The number of carbonyl (C=O) groups is 2. The standard InChI is InChI=1S/C17H18N2O4/c1-23-14-9-5-8-13(11-14)18-17(22)19-15(16(20)21)10-12-6-3-2-4-7-12/h2-9,11,15H,10H2,1H3,(H,20,21)(H2,18,19,22)/t15-/m1/s1. The normalized spacial score (nSPS) is 11.3. The first-order valence-corrected chi connectivity index (χ1v) is 7.07. The molecule has 120 valence electrons. The van der Waals surface area contributed by atoms with Crippen molar-refractivity contribution in [2.75, 3.05) is 12.4 Å². The number of hydrogen-bond donors (Lipinski definition) is 3. The highest BCUT2D eigenvalue weighted by atomic mass is 16.5. The van der Waals surface area contributed by atoms with Gasteiger partial charge >= 0.3 is 12.0 Å². The van der Waals surface area contributed by atoms with Crippen LogP contribution in [-0.4, -0.2) is 30.3 Å². The minimum atomic E-state index is -1.09. The number of amides is 2. The lowest BCUT2D eigenvalue weighted by Crippen LogP contribution is -2.44. The molecular formula is C17H18N2O4. The van der Waals surface area contributed by atoms with E-state index in [1.807, 2.05) is 30.3 Å². The smallest absolute Gasteiger partial charge is 0.326 e. The van der Waals surface area contributed by atoms with Crippen LogP contribution in [0.5, 0.6) is 5.75 Å². The molecule has 0 saturated carbocycles. The van der Waals surface area contributed by atoms with Gasteiger partial charge in [0.2, 0.25) is 0 Å². The molecule has 0 aromatic heterocycles. The first kappa shape index (κ1) is 16.4. The Hall–Kier alpha value is -3.02. The molecule has 0 aliphatic carbocycles. The summed E-state index contributed by atoms with van der Waals surface area (Å²) in [5, 5.41) is 14.3. The Labute approximate surface area is 134 Å². The number of carboxylic acid groups (broad SMARTS) is 1. The number of anilines is 1. The zero-order valence-corrected chi connectivity index (χ0v) is 12.7. The number of carboxylic acids is 1. The Morgan fingerprint density at radius 3 is 2.52 bits per heavy atom. The number of urea groups is 1. The Bertz CT molecular complexity index is 673. The van der Waals surface area contributed by atoms with Crippen LogP contribution in [-0.2, 0) is 11.2 Å². The van der Waals surface area contributed by atoms with Gasteiger partial charge in [0.1, 0.15) is 11.8 Å². The monoisotopic (exact) mass is 314 g/mol. The number of aliphatic carboxylic acids is 1. The highest BCUT2D eigenvalue weighted by Crippen LogP contribution is 2.16. The van der Waals surface area contributed by atoms with Crippen LogP contribution in [0.15, 0.2) is 54.6 Å².